The molecule has 0 saturated carbocycles. The molecule has 0 atom stereocenters. The molecule has 0 spiro atoms. The fraction of sp³-hybridized carbons (Fsp3) is 0.500. The first-order chi connectivity index (χ1) is 6.96. The summed E-state index contributed by atoms with van der Waals surface area (Å²) in [6.07, 6.45) is 0.636. The fourth-order valence-electron chi connectivity index (χ4n) is 1.70. The molecular weight excluding hydrogens is 196 g/mol. The molecule has 3 heteroatoms. The van der Waals surface area contributed by atoms with Crippen LogP contribution in [0.25, 0.3) is 0 Å². The standard InChI is InChI=1S/C12H17F2N/c1-12(2,14)11-9(7-8-15-3)5-4-6-10(11)13/h4-6,15H,7-8H2,1-3H3. The predicted octanol–water partition coefficient (Wildman–Crippen LogP) is 2.79. The maximum absolute atomic E-state index is 13.8. The molecule has 1 rings (SSSR count). The molecule has 0 bridgehead atoms. The van der Waals surface area contributed by atoms with Gasteiger partial charge in [-0.3, -0.25) is 0 Å². The van der Waals surface area contributed by atoms with E-state index in [9.17, 15) is 8.78 Å². The van der Waals surface area contributed by atoms with Crippen molar-refractivity contribution in [3.63, 3.8) is 0 Å². The molecule has 1 N–H and O–H groups in total. The highest BCUT2D eigenvalue weighted by molar-refractivity contribution is 5.33. The van der Waals surface area contributed by atoms with Crippen LogP contribution < -0.4 is 5.32 Å². The van der Waals surface area contributed by atoms with E-state index in [1.54, 1.807) is 12.1 Å². The van der Waals surface area contributed by atoms with E-state index in [0.29, 0.717) is 13.0 Å². The van der Waals surface area contributed by atoms with Crippen LogP contribution in [0, 0.1) is 5.82 Å². The van der Waals surface area contributed by atoms with Gasteiger partial charge in [-0.25, -0.2) is 8.78 Å². The van der Waals surface area contributed by atoms with Crippen LogP contribution in [-0.2, 0) is 12.1 Å². The average Bonchev–Trinajstić information content (AvgIpc) is 2.12. The van der Waals surface area contributed by atoms with E-state index in [1.807, 2.05) is 7.05 Å². The third kappa shape index (κ3) is 2.99. The zero-order chi connectivity index (χ0) is 11.5. The maximum atomic E-state index is 13.8. The van der Waals surface area contributed by atoms with Gasteiger partial charge in [-0.05, 0) is 45.5 Å². The Bertz CT molecular complexity index is 329. The van der Waals surface area contributed by atoms with E-state index < -0.39 is 11.5 Å². The van der Waals surface area contributed by atoms with Gasteiger partial charge in [0.05, 0.1) is 0 Å². The van der Waals surface area contributed by atoms with Gasteiger partial charge >= 0.3 is 0 Å². The van der Waals surface area contributed by atoms with Crippen molar-refractivity contribution in [2.45, 2.75) is 25.9 Å². The maximum Gasteiger partial charge on any atom is 0.133 e. The molecule has 0 saturated heterocycles. The summed E-state index contributed by atoms with van der Waals surface area (Å²) in [6, 6.07) is 4.70. The second kappa shape index (κ2) is 4.71. The van der Waals surface area contributed by atoms with Crippen LogP contribution in [0.5, 0.6) is 0 Å². The Morgan fingerprint density at radius 2 is 2.00 bits per heavy atom. The van der Waals surface area contributed by atoms with E-state index >= 15 is 0 Å². The third-order valence-electron chi connectivity index (χ3n) is 2.34. The average molecular weight is 213 g/mol. The number of nitrogens with one attached hydrogen (secondary N) is 1. The number of hydrogen-bond acceptors (Lipinski definition) is 1. The lowest BCUT2D eigenvalue weighted by molar-refractivity contribution is 0.212. The van der Waals surface area contributed by atoms with Gasteiger partial charge in [-0.2, -0.15) is 0 Å². The molecule has 1 aromatic carbocycles. The highest BCUT2D eigenvalue weighted by atomic mass is 19.1. The Hall–Kier alpha value is -0.960. The first kappa shape index (κ1) is 12.1. The number of alkyl halides is 1. The molecule has 0 aliphatic heterocycles. The Balaban J connectivity index is 3.09. The number of benzene rings is 1. The number of rotatable bonds is 4. The largest absolute Gasteiger partial charge is 0.319 e. The van der Waals surface area contributed by atoms with E-state index in [0.717, 1.165) is 5.56 Å². The minimum atomic E-state index is -1.63. The Morgan fingerprint density at radius 3 is 2.53 bits per heavy atom. The lowest BCUT2D eigenvalue weighted by atomic mass is 9.92. The highest BCUT2D eigenvalue weighted by Crippen LogP contribution is 2.30. The topological polar surface area (TPSA) is 12.0 Å². The van der Waals surface area contributed by atoms with E-state index in [2.05, 4.69) is 5.32 Å². The third-order valence-corrected chi connectivity index (χ3v) is 2.34. The van der Waals surface area contributed by atoms with E-state index in [1.165, 1.54) is 19.9 Å². The van der Waals surface area contributed by atoms with Gasteiger partial charge in [-0.15, -0.1) is 0 Å². The molecule has 0 radical (unpaired) electrons. The zero-order valence-corrected chi connectivity index (χ0v) is 9.40. The summed E-state index contributed by atoms with van der Waals surface area (Å²) >= 11 is 0. The van der Waals surface area contributed by atoms with E-state index in [-0.39, 0.29) is 5.56 Å². The summed E-state index contributed by atoms with van der Waals surface area (Å²) in [6.45, 7) is 3.48. The molecule has 0 heterocycles. The van der Waals surface area contributed by atoms with Gasteiger partial charge in [-0.1, -0.05) is 12.1 Å². The minimum Gasteiger partial charge on any atom is -0.319 e. The van der Waals surface area contributed by atoms with Crippen molar-refractivity contribution in [1.29, 1.82) is 0 Å². The van der Waals surface area contributed by atoms with Crippen LogP contribution in [0.15, 0.2) is 18.2 Å². The molecule has 0 aliphatic carbocycles. The summed E-state index contributed by atoms with van der Waals surface area (Å²) in [5.41, 5.74) is -0.717. The molecule has 1 nitrogen and oxygen atoms in total. The molecule has 84 valence electrons. The van der Waals surface area contributed by atoms with Crippen molar-refractivity contribution in [3.05, 3.63) is 35.1 Å². The van der Waals surface area contributed by atoms with Crippen LogP contribution in [0.3, 0.4) is 0 Å². The molecule has 1 aromatic rings. The van der Waals surface area contributed by atoms with Gasteiger partial charge in [0.1, 0.15) is 11.5 Å². The van der Waals surface area contributed by atoms with Gasteiger partial charge in [0.15, 0.2) is 0 Å². The Labute approximate surface area is 89.5 Å². The van der Waals surface area contributed by atoms with Crippen molar-refractivity contribution < 1.29 is 8.78 Å². The SMILES string of the molecule is CNCCc1cccc(F)c1C(C)(C)F. The lowest BCUT2D eigenvalue weighted by Crippen LogP contribution is -2.18. The fourth-order valence-corrected chi connectivity index (χ4v) is 1.70. The van der Waals surface area contributed by atoms with Crippen molar-refractivity contribution in [2.24, 2.45) is 0 Å². The Morgan fingerprint density at radius 1 is 1.33 bits per heavy atom. The smallest absolute Gasteiger partial charge is 0.133 e. The summed E-state index contributed by atoms with van der Waals surface area (Å²) in [5, 5.41) is 2.97. The van der Waals surface area contributed by atoms with Crippen LogP contribution in [0.1, 0.15) is 25.0 Å². The number of halogens is 2. The van der Waals surface area contributed by atoms with E-state index in [4.69, 9.17) is 0 Å². The van der Waals surface area contributed by atoms with Crippen LogP contribution >= 0.6 is 0 Å². The second-order valence-electron chi connectivity index (χ2n) is 4.10. The van der Waals surface area contributed by atoms with Crippen molar-refractivity contribution in [3.8, 4) is 0 Å². The molecule has 0 fully saturated rings. The van der Waals surface area contributed by atoms with Crippen LogP contribution in [0.4, 0.5) is 8.78 Å². The zero-order valence-electron chi connectivity index (χ0n) is 9.40. The molecule has 0 unspecified atom stereocenters. The van der Waals surface area contributed by atoms with Crippen molar-refractivity contribution in [2.75, 3.05) is 13.6 Å². The number of hydrogen-bond donors (Lipinski definition) is 1. The van der Waals surface area contributed by atoms with Crippen molar-refractivity contribution in [1.82, 2.24) is 5.32 Å². The van der Waals surface area contributed by atoms with Gasteiger partial charge < -0.3 is 5.32 Å². The van der Waals surface area contributed by atoms with Gasteiger partial charge in [0, 0.05) is 5.56 Å². The molecule has 0 aliphatic rings. The monoisotopic (exact) mass is 213 g/mol. The minimum absolute atomic E-state index is 0.181. The Kier molecular flexibility index (Phi) is 3.80. The van der Waals surface area contributed by atoms with Gasteiger partial charge in [0.2, 0.25) is 0 Å². The quantitative estimate of drug-likeness (QED) is 0.811. The summed E-state index contributed by atoms with van der Waals surface area (Å²) < 4.78 is 27.3. The molecule has 15 heavy (non-hydrogen) atoms. The van der Waals surface area contributed by atoms with Crippen LogP contribution in [-0.4, -0.2) is 13.6 Å². The summed E-state index contributed by atoms with van der Waals surface area (Å²) in [7, 11) is 1.82. The summed E-state index contributed by atoms with van der Waals surface area (Å²) in [5.74, 6) is -0.462. The summed E-state index contributed by atoms with van der Waals surface area (Å²) in [4.78, 5) is 0. The first-order valence-corrected chi connectivity index (χ1v) is 5.08. The molecular formula is C12H17F2N. The predicted molar refractivity (Wildman–Crippen MR) is 58.2 cm³/mol. The highest BCUT2D eigenvalue weighted by Gasteiger charge is 2.25. The lowest BCUT2D eigenvalue weighted by Gasteiger charge is -2.19. The molecule has 0 aromatic heterocycles. The van der Waals surface area contributed by atoms with Gasteiger partial charge in [0.25, 0.3) is 0 Å². The normalized spacial score (nSPS) is 11.8. The van der Waals surface area contributed by atoms with Crippen LogP contribution in [0.2, 0.25) is 0 Å². The first-order valence-electron chi connectivity index (χ1n) is 5.08. The molecule has 0 amide bonds. The second-order valence-corrected chi connectivity index (χ2v) is 4.10. The number of likely N-dealkylation sites (N-methyl/N-ethyl adjacent to an activating group) is 1. The van der Waals surface area contributed by atoms with Crippen molar-refractivity contribution >= 4 is 0 Å².